The predicted molar refractivity (Wildman–Crippen MR) is 74.1 cm³/mol. The summed E-state index contributed by atoms with van der Waals surface area (Å²) in [6.07, 6.45) is -4.46. The van der Waals surface area contributed by atoms with E-state index in [4.69, 9.17) is 5.73 Å². The van der Waals surface area contributed by atoms with Crippen LogP contribution in [0.2, 0.25) is 0 Å². The zero-order chi connectivity index (χ0) is 17.4. The van der Waals surface area contributed by atoms with Crippen LogP contribution in [0.1, 0.15) is 22.3 Å². The Balaban J connectivity index is 2.51. The van der Waals surface area contributed by atoms with Crippen LogP contribution in [0.3, 0.4) is 0 Å². The molecule has 2 N–H and O–H groups in total. The molecule has 6 nitrogen and oxygen atoms in total. The molecular weight excluding hydrogens is 337 g/mol. The Morgan fingerprint density at radius 1 is 1.39 bits per heavy atom. The number of nitrogens with two attached hydrogens (primary N) is 1. The molecule has 0 bridgehead atoms. The van der Waals surface area contributed by atoms with E-state index in [1.54, 1.807) is 0 Å². The highest BCUT2D eigenvalue weighted by molar-refractivity contribution is 7.89. The van der Waals surface area contributed by atoms with E-state index in [-0.39, 0.29) is 19.1 Å². The van der Waals surface area contributed by atoms with Gasteiger partial charge in [-0.25, -0.2) is 13.2 Å². The van der Waals surface area contributed by atoms with Gasteiger partial charge in [0.2, 0.25) is 10.0 Å². The summed E-state index contributed by atoms with van der Waals surface area (Å²) in [5.74, 6) is -1.19. The number of halogens is 3. The summed E-state index contributed by atoms with van der Waals surface area (Å²) < 4.78 is 69.5. The van der Waals surface area contributed by atoms with Crippen molar-refractivity contribution in [2.24, 2.45) is 5.73 Å². The number of nitrogens with zero attached hydrogens (tertiary/aromatic N) is 1. The van der Waals surface area contributed by atoms with E-state index in [0.717, 1.165) is 23.5 Å². The topological polar surface area (TPSA) is 89.7 Å². The van der Waals surface area contributed by atoms with Gasteiger partial charge in [0.05, 0.1) is 23.1 Å². The third kappa shape index (κ3) is 3.48. The average Bonchev–Trinajstić information content (AvgIpc) is 2.92. The van der Waals surface area contributed by atoms with E-state index in [1.165, 1.54) is 0 Å². The van der Waals surface area contributed by atoms with Crippen LogP contribution in [0, 0.1) is 0 Å². The van der Waals surface area contributed by atoms with Crippen LogP contribution >= 0.6 is 0 Å². The molecule has 1 aromatic carbocycles. The van der Waals surface area contributed by atoms with E-state index < -0.39 is 38.2 Å². The van der Waals surface area contributed by atoms with Gasteiger partial charge >= 0.3 is 12.1 Å². The molecule has 0 saturated carbocycles. The number of carbonyl (C=O) groups is 1. The first-order chi connectivity index (χ1) is 10.6. The van der Waals surface area contributed by atoms with E-state index in [9.17, 15) is 26.4 Å². The second kappa shape index (κ2) is 6.10. The van der Waals surface area contributed by atoms with Gasteiger partial charge in [0, 0.05) is 19.1 Å². The summed E-state index contributed by atoms with van der Waals surface area (Å²) >= 11 is 0. The molecule has 0 spiro atoms. The third-order valence-electron chi connectivity index (χ3n) is 3.53. The van der Waals surface area contributed by atoms with Gasteiger partial charge in [-0.05, 0) is 24.6 Å². The van der Waals surface area contributed by atoms with Gasteiger partial charge in [-0.3, -0.25) is 0 Å². The van der Waals surface area contributed by atoms with Crippen molar-refractivity contribution in [1.29, 1.82) is 0 Å². The average molecular weight is 352 g/mol. The van der Waals surface area contributed by atoms with E-state index in [1.807, 2.05) is 0 Å². The fraction of sp³-hybridized carbons (Fsp3) is 0.462. The lowest BCUT2D eigenvalue weighted by atomic mass is 10.1. The monoisotopic (exact) mass is 352 g/mol. The fourth-order valence-corrected chi connectivity index (χ4v) is 3.87. The SMILES string of the molecule is COC(=O)c1ccc(S(=O)(=O)N2CCC(N)C2)cc1C(F)(F)F. The second-order valence-electron chi connectivity index (χ2n) is 5.11. The number of hydrogen-bond acceptors (Lipinski definition) is 5. The Bertz CT molecular complexity index is 718. The van der Waals surface area contributed by atoms with Crippen molar-refractivity contribution in [3.63, 3.8) is 0 Å². The molecule has 0 aromatic heterocycles. The first-order valence-electron chi connectivity index (χ1n) is 6.62. The molecule has 23 heavy (non-hydrogen) atoms. The first kappa shape index (κ1) is 17.7. The van der Waals surface area contributed by atoms with Gasteiger partial charge in [0.25, 0.3) is 0 Å². The largest absolute Gasteiger partial charge is 0.465 e. The molecular formula is C13H15F3N2O4S. The molecule has 0 amide bonds. The summed E-state index contributed by atoms with van der Waals surface area (Å²) in [4.78, 5) is 10.9. The number of carbonyl (C=O) groups excluding carboxylic acids is 1. The molecule has 1 aliphatic heterocycles. The second-order valence-corrected chi connectivity index (χ2v) is 7.05. The molecule has 1 saturated heterocycles. The van der Waals surface area contributed by atoms with Gasteiger partial charge in [0.1, 0.15) is 0 Å². The normalized spacial score (nSPS) is 19.8. The summed E-state index contributed by atoms with van der Waals surface area (Å²) in [6, 6.07) is 1.87. The van der Waals surface area contributed by atoms with Crippen molar-refractivity contribution >= 4 is 16.0 Å². The highest BCUT2D eigenvalue weighted by Crippen LogP contribution is 2.34. The van der Waals surface area contributed by atoms with Crippen LogP contribution in [-0.4, -0.2) is 44.9 Å². The van der Waals surface area contributed by atoms with Crippen LogP contribution in [0.5, 0.6) is 0 Å². The third-order valence-corrected chi connectivity index (χ3v) is 5.39. The van der Waals surface area contributed by atoms with E-state index in [2.05, 4.69) is 4.74 Å². The maximum atomic E-state index is 13.1. The standard InChI is InChI=1S/C13H15F3N2O4S/c1-22-12(19)10-3-2-9(6-11(10)13(14,15)16)23(20,21)18-5-4-8(17)7-18/h2-3,6,8H,4-5,7,17H2,1H3. The van der Waals surface area contributed by atoms with Crippen molar-refractivity contribution in [1.82, 2.24) is 4.31 Å². The van der Waals surface area contributed by atoms with Crippen LogP contribution < -0.4 is 5.73 Å². The van der Waals surface area contributed by atoms with Crippen LogP contribution in [-0.2, 0) is 20.9 Å². The minimum atomic E-state index is -4.89. The van der Waals surface area contributed by atoms with Gasteiger partial charge < -0.3 is 10.5 Å². The lowest BCUT2D eigenvalue weighted by Gasteiger charge is -2.18. The molecule has 1 heterocycles. The van der Waals surface area contributed by atoms with Gasteiger partial charge in [-0.2, -0.15) is 17.5 Å². The Morgan fingerprint density at radius 2 is 2.04 bits per heavy atom. The summed E-state index contributed by atoms with van der Waals surface area (Å²) in [7, 11) is -3.16. The number of benzene rings is 1. The van der Waals surface area contributed by atoms with Crippen molar-refractivity contribution in [2.45, 2.75) is 23.5 Å². The molecule has 1 fully saturated rings. The number of ether oxygens (including phenoxy) is 1. The maximum absolute atomic E-state index is 13.1. The van der Waals surface area contributed by atoms with Crippen molar-refractivity contribution < 1.29 is 31.1 Å². The number of rotatable bonds is 3. The molecule has 1 aromatic rings. The number of esters is 1. The fourth-order valence-electron chi connectivity index (χ4n) is 2.33. The van der Waals surface area contributed by atoms with Crippen LogP contribution in [0.25, 0.3) is 0 Å². The summed E-state index contributed by atoms with van der Waals surface area (Å²) in [5.41, 5.74) is 3.54. The zero-order valence-electron chi connectivity index (χ0n) is 12.1. The Kier molecular flexibility index (Phi) is 4.69. The Morgan fingerprint density at radius 3 is 2.52 bits per heavy atom. The Labute approximate surface area is 131 Å². The Hall–Kier alpha value is -1.65. The van der Waals surface area contributed by atoms with Gasteiger partial charge in [0.15, 0.2) is 0 Å². The van der Waals surface area contributed by atoms with Crippen LogP contribution in [0.15, 0.2) is 23.1 Å². The molecule has 0 radical (unpaired) electrons. The molecule has 2 rings (SSSR count). The number of hydrogen-bond donors (Lipinski definition) is 1. The minimum absolute atomic E-state index is 0.0441. The predicted octanol–water partition coefficient (Wildman–Crippen LogP) is 1.21. The van der Waals surface area contributed by atoms with Gasteiger partial charge in [-0.15, -0.1) is 0 Å². The van der Waals surface area contributed by atoms with Gasteiger partial charge in [-0.1, -0.05) is 0 Å². The van der Waals surface area contributed by atoms with Crippen molar-refractivity contribution in [3.8, 4) is 0 Å². The lowest BCUT2D eigenvalue weighted by Crippen LogP contribution is -2.32. The molecule has 128 valence electrons. The quantitative estimate of drug-likeness (QED) is 0.826. The maximum Gasteiger partial charge on any atom is 0.417 e. The molecule has 1 unspecified atom stereocenters. The number of sulfonamides is 1. The van der Waals surface area contributed by atoms with Crippen molar-refractivity contribution in [3.05, 3.63) is 29.3 Å². The van der Waals surface area contributed by atoms with Crippen molar-refractivity contribution in [2.75, 3.05) is 20.2 Å². The molecule has 1 atom stereocenters. The first-order valence-corrected chi connectivity index (χ1v) is 8.06. The van der Waals surface area contributed by atoms with Crippen LogP contribution in [0.4, 0.5) is 13.2 Å². The van der Waals surface area contributed by atoms with E-state index >= 15 is 0 Å². The molecule has 0 aliphatic carbocycles. The molecule has 10 heteroatoms. The molecule has 1 aliphatic rings. The summed E-state index contributed by atoms with van der Waals surface area (Å²) in [5, 5.41) is 0. The highest BCUT2D eigenvalue weighted by atomic mass is 32.2. The zero-order valence-corrected chi connectivity index (χ0v) is 12.9. The summed E-state index contributed by atoms with van der Waals surface area (Å²) in [6.45, 7) is 0.187. The number of alkyl halides is 3. The van der Waals surface area contributed by atoms with E-state index in [0.29, 0.717) is 12.5 Å². The number of methoxy groups -OCH3 is 1. The lowest BCUT2D eigenvalue weighted by molar-refractivity contribution is -0.138. The smallest absolute Gasteiger partial charge is 0.417 e. The highest BCUT2D eigenvalue weighted by Gasteiger charge is 2.38. The minimum Gasteiger partial charge on any atom is -0.465 e.